The van der Waals surface area contributed by atoms with E-state index in [1.54, 1.807) is 0 Å². The maximum atomic E-state index is 11.2. The molecule has 1 aliphatic heterocycles. The van der Waals surface area contributed by atoms with Crippen LogP contribution in [0.1, 0.15) is 13.3 Å². The van der Waals surface area contributed by atoms with Crippen molar-refractivity contribution < 1.29 is 19.5 Å². The molecule has 1 aliphatic rings. The first-order valence-corrected chi connectivity index (χ1v) is 4.47. The van der Waals surface area contributed by atoms with Gasteiger partial charge in [-0.2, -0.15) is 0 Å². The number of amides is 2. The van der Waals surface area contributed by atoms with Crippen molar-refractivity contribution in [2.45, 2.75) is 19.5 Å². The van der Waals surface area contributed by atoms with Gasteiger partial charge < -0.3 is 10.8 Å². The lowest BCUT2D eigenvalue weighted by atomic mass is 10.1. The Morgan fingerprint density at radius 2 is 1.93 bits per heavy atom. The molecule has 2 amide bonds. The third kappa shape index (κ3) is 2.41. The highest BCUT2D eigenvalue weighted by atomic mass is 16.4. The van der Waals surface area contributed by atoms with E-state index in [2.05, 4.69) is 0 Å². The first kappa shape index (κ1) is 11.4. The van der Waals surface area contributed by atoms with Crippen LogP contribution in [-0.2, 0) is 14.4 Å². The number of imide groups is 1. The van der Waals surface area contributed by atoms with Crippen LogP contribution in [0.25, 0.3) is 0 Å². The van der Waals surface area contributed by atoms with Gasteiger partial charge in [-0.1, -0.05) is 6.92 Å². The van der Waals surface area contributed by atoms with Crippen molar-refractivity contribution in [1.29, 1.82) is 0 Å². The van der Waals surface area contributed by atoms with Crippen LogP contribution in [0.4, 0.5) is 0 Å². The number of hydrogen-bond donors (Lipinski definition) is 2. The van der Waals surface area contributed by atoms with Crippen LogP contribution in [0, 0.1) is 5.92 Å². The predicted octanol–water partition coefficient (Wildman–Crippen LogP) is -0.693. The third-order valence-corrected chi connectivity index (χ3v) is 2.19. The Hall–Kier alpha value is -1.69. The van der Waals surface area contributed by atoms with Crippen LogP contribution in [0.5, 0.6) is 0 Å². The minimum absolute atomic E-state index is 0.0501. The summed E-state index contributed by atoms with van der Waals surface area (Å²) in [6.45, 7) is 1.47. The van der Waals surface area contributed by atoms with Gasteiger partial charge in [0.05, 0.1) is 12.1 Å². The quantitative estimate of drug-likeness (QED) is 0.600. The highest BCUT2D eigenvalue weighted by molar-refractivity contribution is 6.13. The summed E-state index contributed by atoms with van der Waals surface area (Å²) in [6.07, 6.45) is 1.40. The topological polar surface area (TPSA) is 101 Å². The molecule has 82 valence electrons. The molecule has 3 N–H and O–H groups in total. The van der Waals surface area contributed by atoms with Crippen molar-refractivity contribution in [3.8, 4) is 0 Å². The molecule has 0 aromatic rings. The molecule has 0 aromatic heterocycles. The molecule has 1 rings (SSSR count). The Morgan fingerprint density at radius 3 is 2.33 bits per heavy atom. The largest absolute Gasteiger partial charge is 0.481 e. The van der Waals surface area contributed by atoms with Gasteiger partial charge in [0.15, 0.2) is 0 Å². The molecule has 0 aliphatic carbocycles. The highest BCUT2D eigenvalue weighted by Gasteiger charge is 2.30. The molecule has 0 fully saturated rings. The van der Waals surface area contributed by atoms with E-state index in [0.29, 0.717) is 0 Å². The maximum absolute atomic E-state index is 11.2. The van der Waals surface area contributed by atoms with Crippen LogP contribution in [0.15, 0.2) is 12.2 Å². The average molecular weight is 212 g/mol. The smallest absolute Gasteiger partial charge is 0.306 e. The molecule has 0 saturated carbocycles. The Morgan fingerprint density at radius 1 is 1.47 bits per heavy atom. The van der Waals surface area contributed by atoms with Crippen LogP contribution in [0.2, 0.25) is 0 Å². The maximum Gasteiger partial charge on any atom is 0.306 e. The summed E-state index contributed by atoms with van der Waals surface area (Å²) in [4.78, 5) is 33.8. The van der Waals surface area contributed by atoms with Crippen molar-refractivity contribution in [1.82, 2.24) is 4.90 Å². The first-order chi connectivity index (χ1) is 6.93. The molecule has 15 heavy (non-hydrogen) atoms. The predicted molar refractivity (Wildman–Crippen MR) is 50.4 cm³/mol. The minimum atomic E-state index is -1.00. The van der Waals surface area contributed by atoms with E-state index < -0.39 is 29.9 Å². The van der Waals surface area contributed by atoms with E-state index in [4.69, 9.17) is 10.8 Å². The second kappa shape index (κ2) is 4.22. The van der Waals surface area contributed by atoms with E-state index >= 15 is 0 Å². The van der Waals surface area contributed by atoms with Crippen molar-refractivity contribution in [2.24, 2.45) is 11.7 Å². The van der Waals surface area contributed by atoms with Gasteiger partial charge in [-0.15, -0.1) is 0 Å². The number of aliphatic carboxylic acids is 1. The van der Waals surface area contributed by atoms with Gasteiger partial charge in [0, 0.05) is 12.2 Å². The van der Waals surface area contributed by atoms with Crippen molar-refractivity contribution in [2.75, 3.05) is 0 Å². The Kier molecular flexibility index (Phi) is 3.21. The number of rotatable bonds is 4. The summed E-state index contributed by atoms with van der Waals surface area (Å²) < 4.78 is 0. The molecule has 0 saturated heterocycles. The summed E-state index contributed by atoms with van der Waals surface area (Å²) >= 11 is 0. The number of nitrogens with two attached hydrogens (primary N) is 1. The number of carboxylic acid groups (broad SMARTS) is 1. The van der Waals surface area contributed by atoms with Gasteiger partial charge in [0.2, 0.25) is 0 Å². The fourth-order valence-corrected chi connectivity index (χ4v) is 1.31. The zero-order valence-electron chi connectivity index (χ0n) is 8.21. The van der Waals surface area contributed by atoms with Crippen LogP contribution >= 0.6 is 0 Å². The summed E-state index contributed by atoms with van der Waals surface area (Å²) in [7, 11) is 0. The fraction of sp³-hybridized carbons (Fsp3) is 0.444. The third-order valence-electron chi connectivity index (χ3n) is 2.19. The zero-order valence-corrected chi connectivity index (χ0v) is 8.21. The normalized spacial score (nSPS) is 19.5. The highest BCUT2D eigenvalue weighted by Crippen LogP contribution is 2.13. The van der Waals surface area contributed by atoms with Crippen molar-refractivity contribution in [3.63, 3.8) is 0 Å². The molecule has 2 atom stereocenters. The molecule has 1 heterocycles. The number of carboxylic acids is 1. The van der Waals surface area contributed by atoms with Crippen LogP contribution in [0.3, 0.4) is 0 Å². The lowest BCUT2D eigenvalue weighted by Crippen LogP contribution is -2.47. The number of hydrogen-bond acceptors (Lipinski definition) is 4. The summed E-state index contributed by atoms with van der Waals surface area (Å²) in [5.74, 6) is -2.69. The van der Waals surface area contributed by atoms with Gasteiger partial charge in [0.25, 0.3) is 11.8 Å². The van der Waals surface area contributed by atoms with E-state index in [1.165, 1.54) is 6.92 Å². The van der Waals surface area contributed by atoms with E-state index in [1.807, 2.05) is 0 Å². The molecule has 0 spiro atoms. The molecule has 6 nitrogen and oxygen atoms in total. The van der Waals surface area contributed by atoms with E-state index in [-0.39, 0.29) is 6.42 Å². The lowest BCUT2D eigenvalue weighted by Gasteiger charge is -2.23. The molecular formula is C9H12N2O4. The van der Waals surface area contributed by atoms with Crippen LogP contribution in [-0.4, -0.2) is 34.0 Å². The molecule has 0 radical (unpaired) electrons. The van der Waals surface area contributed by atoms with E-state index in [0.717, 1.165) is 17.1 Å². The van der Waals surface area contributed by atoms with Gasteiger partial charge in [0.1, 0.15) is 0 Å². The van der Waals surface area contributed by atoms with Gasteiger partial charge in [-0.25, -0.2) is 0 Å². The second-order valence-electron chi connectivity index (χ2n) is 3.42. The minimum Gasteiger partial charge on any atom is -0.481 e. The molecular weight excluding hydrogens is 200 g/mol. The average Bonchev–Trinajstić information content (AvgIpc) is 2.45. The molecule has 6 heteroatoms. The first-order valence-electron chi connectivity index (χ1n) is 4.47. The Balaban J connectivity index is 2.62. The van der Waals surface area contributed by atoms with Crippen molar-refractivity contribution in [3.05, 3.63) is 12.2 Å². The Labute approximate surface area is 86.3 Å². The standard InChI is InChI=1S/C9H12N2O4/c1-5(9(14)15)4-6(10)11-7(12)2-3-8(11)13/h2-3,5-6H,4,10H2,1H3,(H,14,15). The van der Waals surface area contributed by atoms with E-state index in [9.17, 15) is 14.4 Å². The number of carbonyl (C=O) groups is 3. The van der Waals surface area contributed by atoms with Gasteiger partial charge >= 0.3 is 5.97 Å². The van der Waals surface area contributed by atoms with Crippen LogP contribution < -0.4 is 5.73 Å². The zero-order chi connectivity index (χ0) is 11.6. The Bertz CT molecular complexity index is 319. The monoisotopic (exact) mass is 212 g/mol. The summed E-state index contributed by atoms with van der Waals surface area (Å²) in [5.41, 5.74) is 5.58. The second-order valence-corrected chi connectivity index (χ2v) is 3.42. The molecule has 0 bridgehead atoms. The van der Waals surface area contributed by atoms with Gasteiger partial charge in [-0.05, 0) is 6.42 Å². The number of nitrogens with zero attached hydrogens (tertiary/aromatic N) is 1. The SMILES string of the molecule is CC(CC(N)N1C(=O)C=CC1=O)C(=O)O. The lowest BCUT2D eigenvalue weighted by molar-refractivity contribution is -0.145. The van der Waals surface area contributed by atoms with Gasteiger partial charge in [-0.3, -0.25) is 19.3 Å². The summed E-state index contributed by atoms with van der Waals surface area (Å²) in [5, 5.41) is 8.65. The summed E-state index contributed by atoms with van der Waals surface area (Å²) in [6, 6.07) is 0. The molecule has 0 aromatic carbocycles. The number of carbonyl (C=O) groups excluding carboxylic acids is 2. The fourth-order valence-electron chi connectivity index (χ4n) is 1.31. The molecule has 2 unspecified atom stereocenters. The van der Waals surface area contributed by atoms with Crippen molar-refractivity contribution >= 4 is 17.8 Å².